The molecule has 0 saturated carbocycles. The fourth-order valence-electron chi connectivity index (χ4n) is 9.15. The van der Waals surface area contributed by atoms with Crippen molar-refractivity contribution in [2.75, 3.05) is 0 Å². The van der Waals surface area contributed by atoms with E-state index in [0.717, 1.165) is 73.9 Å². The number of hydrogen-bond donors (Lipinski definition) is 2. The minimum absolute atomic E-state index is 0. The van der Waals surface area contributed by atoms with E-state index in [9.17, 15) is 5.53 Å². The molecule has 1 heterocycles. The first-order chi connectivity index (χ1) is 30.3. The third-order valence-electron chi connectivity index (χ3n) is 12.6. The van der Waals surface area contributed by atoms with Crippen LogP contribution >= 0.6 is 0 Å². The van der Waals surface area contributed by atoms with Crippen LogP contribution in [0.15, 0.2) is 96.1 Å². The summed E-state index contributed by atoms with van der Waals surface area (Å²) in [6.45, 7) is 18.6. The number of benzene rings is 4. The molecule has 0 fully saturated rings. The second kappa shape index (κ2) is 32.1. The third kappa shape index (κ3) is 17.0. The molecule has 0 saturated heterocycles. The molecule has 4 nitrogen and oxygen atoms in total. The van der Waals surface area contributed by atoms with Crippen LogP contribution < -0.4 is 0 Å². The summed E-state index contributed by atoms with van der Waals surface area (Å²) < 4.78 is 1.65. The largest absolute Gasteiger partial charge is 0.493 e. The van der Waals surface area contributed by atoms with E-state index in [1.54, 1.807) is 4.70 Å². The fourth-order valence-corrected chi connectivity index (χ4v) is 9.15. The molecule has 0 radical (unpaired) electrons. The van der Waals surface area contributed by atoms with Crippen molar-refractivity contribution in [2.45, 2.75) is 197 Å². The Morgan fingerprint density at radius 2 is 0.714 bits per heavy atom. The van der Waals surface area contributed by atoms with Crippen LogP contribution in [-0.4, -0.2) is 14.9 Å². The topological polar surface area (TPSA) is 65.8 Å². The van der Waals surface area contributed by atoms with Gasteiger partial charge >= 0.3 is 0 Å². The molecule has 1 aliphatic rings. The van der Waals surface area contributed by atoms with Crippen LogP contribution in [0.5, 0.6) is 0 Å². The molecular weight excluding hydrogens is 815 g/mol. The van der Waals surface area contributed by atoms with E-state index < -0.39 is 0 Å². The maximum absolute atomic E-state index is 12.5. The average Bonchev–Trinajstić information content (AvgIpc) is 3.60. The zero-order valence-corrected chi connectivity index (χ0v) is 41.7. The van der Waals surface area contributed by atoms with Crippen molar-refractivity contribution in [3.8, 4) is 0 Å². The fraction of sp³-hybridized carbons (Fsp3) is 0.517. The van der Waals surface area contributed by atoms with Crippen LogP contribution in [0, 0.1) is 0 Å². The minimum Gasteiger partial charge on any atom is -0.493 e. The molecule has 0 unspecified atom stereocenters. The number of aryl methyl sites for hydroxylation is 4. The van der Waals surface area contributed by atoms with Crippen LogP contribution in [0.2, 0.25) is 0 Å². The maximum atomic E-state index is 12.5. The second-order valence-electron chi connectivity index (χ2n) is 17.0. The maximum Gasteiger partial charge on any atom is 0.211 e. The van der Waals surface area contributed by atoms with Crippen LogP contribution in [-0.2, 0) is 68.2 Å². The number of aliphatic hydroxyl groups is 2. The monoisotopic (exact) mass is 899 g/mol. The summed E-state index contributed by atoms with van der Waals surface area (Å²) in [5.41, 5.74) is 30.5. The minimum atomic E-state index is 0. The molecule has 0 aromatic heterocycles. The van der Waals surface area contributed by atoms with E-state index in [1.807, 2.05) is 60.7 Å². The van der Waals surface area contributed by atoms with Crippen molar-refractivity contribution in [3.63, 3.8) is 0 Å². The number of rotatable bonds is 24. The Morgan fingerprint density at radius 3 is 0.968 bits per heavy atom. The van der Waals surface area contributed by atoms with Gasteiger partial charge in [-0.05, 0) is 133 Å². The Hall–Kier alpha value is -3.63. The van der Waals surface area contributed by atoms with E-state index in [2.05, 4.69) is 79.7 Å². The van der Waals surface area contributed by atoms with Gasteiger partial charge < -0.3 is 15.7 Å². The molecule has 4 aromatic rings. The Morgan fingerprint density at radius 1 is 0.413 bits per heavy atom. The van der Waals surface area contributed by atoms with Crippen molar-refractivity contribution < 1.29 is 31.4 Å². The zero-order valence-electron chi connectivity index (χ0n) is 40.7. The summed E-state index contributed by atoms with van der Waals surface area (Å²) in [5, 5.41) is 17.1. The molecular formula is C58H84N2NiO2. The van der Waals surface area contributed by atoms with E-state index in [1.165, 1.54) is 133 Å². The van der Waals surface area contributed by atoms with Gasteiger partial charge in [0.05, 0.1) is 13.2 Å². The normalized spacial score (nSPS) is 12.2. The summed E-state index contributed by atoms with van der Waals surface area (Å²) in [4.78, 5) is 0. The second-order valence-corrected chi connectivity index (χ2v) is 17.0. The van der Waals surface area contributed by atoms with Gasteiger partial charge in [0.1, 0.15) is 0 Å². The van der Waals surface area contributed by atoms with E-state index in [0.29, 0.717) is 0 Å². The molecule has 0 aliphatic carbocycles. The summed E-state index contributed by atoms with van der Waals surface area (Å²) in [7, 11) is 0. The number of unbranched alkanes of at least 4 members (excludes halogenated alkanes) is 10. The summed E-state index contributed by atoms with van der Waals surface area (Å²) in [6.07, 6.45) is 23.8. The molecule has 1 aliphatic heterocycles. The number of nitrogens with zero attached hydrogens (tertiary/aromatic N) is 2. The first-order valence-electron chi connectivity index (χ1n) is 24.9. The predicted octanol–water partition coefficient (Wildman–Crippen LogP) is 16.1. The molecule has 2 N–H and O–H groups in total. The van der Waals surface area contributed by atoms with Crippen molar-refractivity contribution in [2.24, 2.45) is 0 Å². The molecule has 348 valence electrons. The first kappa shape index (κ1) is 55.5. The Balaban J connectivity index is 0.000000664. The molecule has 0 bridgehead atoms. The molecule has 5 heteroatoms. The van der Waals surface area contributed by atoms with Gasteiger partial charge in [-0.15, -0.1) is 0 Å². The van der Waals surface area contributed by atoms with E-state index in [-0.39, 0.29) is 29.7 Å². The van der Waals surface area contributed by atoms with Crippen LogP contribution in [0.25, 0.3) is 16.9 Å². The number of hydrogen-bond acceptors (Lipinski definition) is 2. The van der Waals surface area contributed by atoms with Gasteiger partial charge in [-0.25, -0.2) is 4.70 Å². The molecule has 4 aromatic carbocycles. The van der Waals surface area contributed by atoms with Gasteiger partial charge in [0, 0.05) is 38.8 Å². The summed E-state index contributed by atoms with van der Waals surface area (Å²) in [6, 6.07) is 28.7. The molecule has 0 amide bonds. The Labute approximate surface area is 395 Å². The van der Waals surface area contributed by atoms with E-state index >= 15 is 0 Å². The number of aliphatic hydroxyl groups excluding tert-OH is 2. The Bertz CT molecular complexity index is 1770. The van der Waals surface area contributed by atoms with E-state index in [4.69, 9.17) is 10.2 Å². The molecule has 0 atom stereocenters. The molecule has 0 spiro atoms. The zero-order chi connectivity index (χ0) is 45.1. The van der Waals surface area contributed by atoms with Crippen molar-refractivity contribution in [1.82, 2.24) is 0 Å². The van der Waals surface area contributed by atoms with Gasteiger partial charge in [0.15, 0.2) is 0 Å². The number of allylic oxidation sites excluding steroid dienone is 2. The molecule has 63 heavy (non-hydrogen) atoms. The van der Waals surface area contributed by atoms with Gasteiger partial charge in [-0.2, -0.15) is 0 Å². The standard InChI is InChI=1S/C44H68N2.2C7H8O.Ni/c1-9-17-19-21-23-25-27-41-42(28-26-24-22-20-18-10-2)44(38-31-35(13-5)40(16-8)36(14-6)32-38)46(45)43(41)37-29-33(11-3)39(15-7)34(12-4)30-37;2*8-6-7-4-2-1-3-5-7;/h29-32H,9-28H2,1-8H3;2*1-5,8H,6H2;. The summed E-state index contributed by atoms with van der Waals surface area (Å²) >= 11 is 0. The predicted molar refractivity (Wildman–Crippen MR) is 267 cm³/mol. The summed E-state index contributed by atoms with van der Waals surface area (Å²) in [5.74, 6) is 0. The SMILES string of the molecule is CCCCCCCCC1=C(c2cc(CC)c(CC)c(CC)c2)[N+](=[N-])C(c2cc(CC)c(CC)c(CC)c2)=C1CCCCCCCC.OCc1ccccc1.OCc1ccccc1.[Ni]. The van der Waals surface area contributed by atoms with Gasteiger partial charge in [0.2, 0.25) is 11.4 Å². The van der Waals surface area contributed by atoms with Crippen LogP contribution in [0.1, 0.15) is 201 Å². The smallest absolute Gasteiger partial charge is 0.211 e. The molecule has 5 rings (SSSR count). The van der Waals surface area contributed by atoms with Crippen LogP contribution in [0.3, 0.4) is 0 Å². The van der Waals surface area contributed by atoms with Crippen molar-refractivity contribution >= 4 is 11.4 Å². The van der Waals surface area contributed by atoms with Crippen LogP contribution in [0.4, 0.5) is 0 Å². The van der Waals surface area contributed by atoms with Crippen molar-refractivity contribution in [1.29, 1.82) is 0 Å². The van der Waals surface area contributed by atoms with Gasteiger partial charge in [0.25, 0.3) is 0 Å². The van der Waals surface area contributed by atoms with Crippen molar-refractivity contribution in [3.05, 3.63) is 157 Å². The quantitative estimate of drug-likeness (QED) is 0.0418. The third-order valence-corrected chi connectivity index (χ3v) is 12.6. The first-order valence-corrected chi connectivity index (χ1v) is 24.9. The Kier molecular flexibility index (Phi) is 28.3. The van der Waals surface area contributed by atoms with Gasteiger partial charge in [-0.1, -0.05) is 180 Å². The average molecular weight is 900 g/mol. The van der Waals surface area contributed by atoms with Gasteiger partial charge in [-0.3, -0.25) is 0 Å².